The van der Waals surface area contributed by atoms with Crippen molar-refractivity contribution < 1.29 is 20.4 Å². The molecule has 0 bridgehead atoms. The average molecular weight is 259 g/mol. The quantitative estimate of drug-likeness (QED) is 0.305. The predicted octanol–water partition coefficient (Wildman–Crippen LogP) is 0.445. The lowest BCUT2D eigenvalue weighted by atomic mass is 10.1. The SMILES string of the molecule is Cc1cc(SC[C@H](N)C(O)O)c(O)c(O)c1C. The van der Waals surface area contributed by atoms with Crippen molar-refractivity contribution in [2.45, 2.75) is 31.1 Å². The van der Waals surface area contributed by atoms with Crippen molar-refractivity contribution in [2.24, 2.45) is 5.73 Å². The largest absolute Gasteiger partial charge is 0.504 e. The second-order valence-electron chi connectivity index (χ2n) is 3.90. The van der Waals surface area contributed by atoms with Crippen LogP contribution in [-0.2, 0) is 0 Å². The molecule has 0 unspecified atom stereocenters. The lowest BCUT2D eigenvalue weighted by Crippen LogP contribution is -2.36. The normalized spacial score (nSPS) is 13.1. The van der Waals surface area contributed by atoms with E-state index in [4.69, 9.17) is 15.9 Å². The van der Waals surface area contributed by atoms with Gasteiger partial charge in [-0.3, -0.25) is 0 Å². The summed E-state index contributed by atoms with van der Waals surface area (Å²) < 4.78 is 0. The van der Waals surface area contributed by atoms with Crippen molar-refractivity contribution in [1.82, 2.24) is 0 Å². The molecule has 1 atom stereocenters. The van der Waals surface area contributed by atoms with Crippen LogP contribution in [0.2, 0.25) is 0 Å². The van der Waals surface area contributed by atoms with Crippen LogP contribution in [0.3, 0.4) is 0 Å². The Labute approximate surface area is 104 Å². The molecule has 0 heterocycles. The van der Waals surface area contributed by atoms with E-state index in [1.807, 2.05) is 6.92 Å². The molecule has 6 N–H and O–H groups in total. The van der Waals surface area contributed by atoms with Crippen LogP contribution in [0.15, 0.2) is 11.0 Å². The third-order valence-electron chi connectivity index (χ3n) is 2.57. The minimum Gasteiger partial charge on any atom is -0.504 e. The maximum Gasteiger partial charge on any atom is 0.171 e. The summed E-state index contributed by atoms with van der Waals surface area (Å²) in [7, 11) is 0. The van der Waals surface area contributed by atoms with Crippen molar-refractivity contribution in [2.75, 3.05) is 5.75 Å². The molecule has 0 amide bonds. The van der Waals surface area contributed by atoms with Gasteiger partial charge >= 0.3 is 0 Å². The fourth-order valence-electron chi connectivity index (χ4n) is 1.24. The van der Waals surface area contributed by atoms with Crippen LogP contribution < -0.4 is 5.73 Å². The summed E-state index contributed by atoms with van der Waals surface area (Å²) in [5.74, 6) is -0.115. The average Bonchev–Trinajstić information content (AvgIpc) is 2.28. The summed E-state index contributed by atoms with van der Waals surface area (Å²) in [4.78, 5) is 0.474. The van der Waals surface area contributed by atoms with Crippen molar-refractivity contribution in [3.05, 3.63) is 17.2 Å². The Morgan fingerprint density at radius 2 is 1.82 bits per heavy atom. The number of hydrogen-bond donors (Lipinski definition) is 5. The van der Waals surface area contributed by atoms with Gasteiger partial charge in [0, 0.05) is 5.75 Å². The molecular formula is C11H17NO4S. The van der Waals surface area contributed by atoms with Gasteiger partial charge in [0.2, 0.25) is 0 Å². The third-order valence-corrected chi connectivity index (χ3v) is 3.74. The number of aromatic hydroxyl groups is 2. The molecule has 0 aliphatic carbocycles. The Kier molecular flexibility index (Phi) is 4.64. The van der Waals surface area contributed by atoms with E-state index in [-0.39, 0.29) is 17.3 Å². The Hall–Kier alpha value is -0.950. The standard InChI is InChI=1S/C11H17NO4S/c1-5-3-8(10(14)9(13)6(5)2)17-4-7(12)11(15)16/h3,7,11,13-16H,4,12H2,1-2H3/t7-/m0/s1. The first-order valence-corrected chi connectivity index (χ1v) is 6.09. The van der Waals surface area contributed by atoms with E-state index in [9.17, 15) is 10.2 Å². The summed E-state index contributed by atoms with van der Waals surface area (Å²) in [5.41, 5.74) is 6.93. The van der Waals surface area contributed by atoms with E-state index < -0.39 is 12.3 Å². The fraction of sp³-hybridized carbons (Fsp3) is 0.455. The number of phenolic OH excluding ortho intramolecular Hbond substituents is 2. The van der Waals surface area contributed by atoms with Gasteiger partial charge in [0.25, 0.3) is 0 Å². The molecule has 0 saturated carbocycles. The Morgan fingerprint density at radius 1 is 1.24 bits per heavy atom. The lowest BCUT2D eigenvalue weighted by Gasteiger charge is -2.15. The van der Waals surface area contributed by atoms with E-state index >= 15 is 0 Å². The van der Waals surface area contributed by atoms with Crippen LogP contribution in [0.5, 0.6) is 11.5 Å². The number of hydrogen-bond acceptors (Lipinski definition) is 6. The lowest BCUT2D eigenvalue weighted by molar-refractivity contribution is -0.0527. The Bertz CT molecular complexity index is 409. The summed E-state index contributed by atoms with van der Waals surface area (Å²) in [6.45, 7) is 3.53. The van der Waals surface area contributed by atoms with Crippen LogP contribution >= 0.6 is 11.8 Å². The first kappa shape index (κ1) is 14.1. The van der Waals surface area contributed by atoms with E-state index in [0.29, 0.717) is 10.5 Å². The fourth-order valence-corrected chi connectivity index (χ4v) is 2.27. The highest BCUT2D eigenvalue weighted by atomic mass is 32.2. The molecule has 0 radical (unpaired) electrons. The molecule has 17 heavy (non-hydrogen) atoms. The number of phenols is 2. The van der Waals surface area contributed by atoms with Crippen LogP contribution in [-0.4, -0.2) is 38.5 Å². The van der Waals surface area contributed by atoms with Gasteiger partial charge < -0.3 is 26.2 Å². The molecule has 1 rings (SSSR count). The molecule has 1 aromatic carbocycles. The van der Waals surface area contributed by atoms with Crippen LogP contribution in [0, 0.1) is 13.8 Å². The van der Waals surface area contributed by atoms with Gasteiger partial charge in [-0.15, -0.1) is 11.8 Å². The molecular weight excluding hydrogens is 242 g/mol. The van der Waals surface area contributed by atoms with Crippen molar-refractivity contribution in [3.63, 3.8) is 0 Å². The topological polar surface area (TPSA) is 107 Å². The van der Waals surface area contributed by atoms with Gasteiger partial charge in [0.1, 0.15) is 0 Å². The summed E-state index contributed by atoms with van der Waals surface area (Å²) in [6.07, 6.45) is -1.59. The zero-order valence-corrected chi connectivity index (χ0v) is 10.5. The molecule has 0 aliphatic rings. The highest BCUT2D eigenvalue weighted by Gasteiger charge is 2.16. The first-order chi connectivity index (χ1) is 7.84. The molecule has 6 heteroatoms. The number of aryl methyl sites for hydroxylation is 1. The van der Waals surface area contributed by atoms with Crippen molar-refractivity contribution in [3.8, 4) is 11.5 Å². The molecule has 1 aromatic rings. The Morgan fingerprint density at radius 3 is 2.35 bits per heavy atom. The second kappa shape index (κ2) is 5.59. The molecule has 96 valence electrons. The predicted molar refractivity (Wildman–Crippen MR) is 66.2 cm³/mol. The maximum absolute atomic E-state index is 9.72. The summed E-state index contributed by atoms with van der Waals surface area (Å²) >= 11 is 1.17. The number of aliphatic hydroxyl groups is 2. The van der Waals surface area contributed by atoms with Crippen LogP contribution in [0.1, 0.15) is 11.1 Å². The first-order valence-electron chi connectivity index (χ1n) is 5.11. The maximum atomic E-state index is 9.72. The van der Waals surface area contributed by atoms with Crippen LogP contribution in [0.25, 0.3) is 0 Å². The van der Waals surface area contributed by atoms with Crippen LogP contribution in [0.4, 0.5) is 0 Å². The number of nitrogens with two attached hydrogens (primary N) is 1. The monoisotopic (exact) mass is 259 g/mol. The smallest absolute Gasteiger partial charge is 0.171 e. The number of aliphatic hydroxyl groups excluding tert-OH is 1. The second-order valence-corrected chi connectivity index (χ2v) is 4.96. The van der Waals surface area contributed by atoms with Crippen molar-refractivity contribution >= 4 is 11.8 Å². The van der Waals surface area contributed by atoms with Gasteiger partial charge in [-0.1, -0.05) is 0 Å². The molecule has 0 aliphatic heterocycles. The van der Waals surface area contributed by atoms with Gasteiger partial charge in [0.05, 0.1) is 10.9 Å². The van der Waals surface area contributed by atoms with Gasteiger partial charge in [0.15, 0.2) is 17.8 Å². The highest BCUT2D eigenvalue weighted by molar-refractivity contribution is 7.99. The minimum absolute atomic E-state index is 0.148. The number of rotatable bonds is 4. The number of benzene rings is 1. The summed E-state index contributed by atoms with van der Waals surface area (Å²) in [5, 5.41) is 37.0. The summed E-state index contributed by atoms with van der Waals surface area (Å²) in [6, 6.07) is 0.925. The molecule has 0 aromatic heterocycles. The molecule has 0 saturated heterocycles. The minimum atomic E-state index is -1.59. The third kappa shape index (κ3) is 3.26. The van der Waals surface area contributed by atoms with E-state index in [2.05, 4.69) is 0 Å². The van der Waals surface area contributed by atoms with Crippen molar-refractivity contribution in [1.29, 1.82) is 0 Å². The van der Waals surface area contributed by atoms with Gasteiger partial charge in [-0.2, -0.15) is 0 Å². The molecule has 0 fully saturated rings. The Balaban J connectivity index is 2.86. The molecule has 0 spiro atoms. The van der Waals surface area contributed by atoms with Gasteiger partial charge in [-0.05, 0) is 31.0 Å². The molecule has 5 nitrogen and oxygen atoms in total. The number of thioether (sulfide) groups is 1. The highest BCUT2D eigenvalue weighted by Crippen LogP contribution is 2.40. The zero-order valence-electron chi connectivity index (χ0n) is 9.71. The van der Waals surface area contributed by atoms with E-state index in [0.717, 1.165) is 5.56 Å². The van der Waals surface area contributed by atoms with E-state index in [1.54, 1.807) is 13.0 Å². The van der Waals surface area contributed by atoms with E-state index in [1.165, 1.54) is 11.8 Å². The zero-order chi connectivity index (χ0) is 13.2. The van der Waals surface area contributed by atoms with Gasteiger partial charge in [-0.25, -0.2) is 0 Å².